The molecule has 3 aromatic rings. The molecule has 0 aliphatic heterocycles. The van der Waals surface area contributed by atoms with Crippen LogP contribution in [0.2, 0.25) is 0 Å². The highest BCUT2D eigenvalue weighted by molar-refractivity contribution is 6.01. The molecule has 1 amide bonds. The van der Waals surface area contributed by atoms with Crippen LogP contribution in [0.25, 0.3) is 11.3 Å². The van der Waals surface area contributed by atoms with Gasteiger partial charge in [-0.3, -0.25) is 10.1 Å². The second kappa shape index (κ2) is 6.39. The number of nitrogens with one attached hydrogen (secondary N) is 1. The Morgan fingerprint density at radius 1 is 1.16 bits per heavy atom. The van der Waals surface area contributed by atoms with Crippen molar-refractivity contribution in [2.45, 2.75) is 26.2 Å². The molecule has 0 atom stereocenters. The maximum atomic E-state index is 12.1. The summed E-state index contributed by atoms with van der Waals surface area (Å²) in [5.41, 5.74) is 2.77. The minimum Gasteiger partial charge on any atom is -0.618 e. The normalized spacial score (nSPS) is 11.3. The van der Waals surface area contributed by atoms with Gasteiger partial charge in [0.1, 0.15) is 5.69 Å². The summed E-state index contributed by atoms with van der Waals surface area (Å²) in [6.07, 6.45) is 1.26. The van der Waals surface area contributed by atoms with Crippen LogP contribution in [0.5, 0.6) is 0 Å². The lowest BCUT2D eigenvalue weighted by molar-refractivity contribution is -0.607. The van der Waals surface area contributed by atoms with Crippen molar-refractivity contribution >= 4 is 11.8 Å². The molecule has 6 nitrogen and oxygen atoms in total. The zero-order chi connectivity index (χ0) is 18.0. The Kier molecular flexibility index (Phi) is 4.27. The minimum absolute atomic E-state index is 0.0185. The van der Waals surface area contributed by atoms with Gasteiger partial charge in [0.2, 0.25) is 5.88 Å². The van der Waals surface area contributed by atoms with Gasteiger partial charge in [0.15, 0.2) is 6.20 Å². The molecule has 1 N–H and O–H groups in total. The lowest BCUT2D eigenvalue weighted by Crippen LogP contribution is -2.36. The molecule has 6 heteroatoms. The van der Waals surface area contributed by atoms with Gasteiger partial charge in [-0.25, -0.2) is 0 Å². The number of hydrogen-bond donors (Lipinski definition) is 1. The Hall–Kier alpha value is -3.15. The number of nitrogens with zero attached hydrogens (tertiary/aromatic N) is 2. The molecule has 2 heterocycles. The first-order valence-electron chi connectivity index (χ1n) is 7.92. The highest BCUT2D eigenvalue weighted by Crippen LogP contribution is 2.26. The fourth-order valence-electron chi connectivity index (χ4n) is 2.39. The van der Waals surface area contributed by atoms with Gasteiger partial charge in [-0.15, -0.1) is 0 Å². The molecule has 0 aliphatic carbocycles. The first-order valence-corrected chi connectivity index (χ1v) is 7.92. The molecule has 0 bridgehead atoms. The van der Waals surface area contributed by atoms with E-state index in [0.717, 1.165) is 5.56 Å². The van der Waals surface area contributed by atoms with Crippen LogP contribution in [0.15, 0.2) is 59.3 Å². The van der Waals surface area contributed by atoms with Gasteiger partial charge in [0, 0.05) is 23.8 Å². The van der Waals surface area contributed by atoms with E-state index in [2.05, 4.69) is 31.2 Å². The van der Waals surface area contributed by atoms with E-state index < -0.39 is 5.91 Å². The molecule has 2 aromatic heterocycles. The molecule has 0 saturated carbocycles. The SMILES string of the molecule is CC(C)(C)c1ccc(-c2cc(NC(=O)c3cccc[n+]3[O-])on2)cc1. The van der Waals surface area contributed by atoms with Gasteiger partial charge < -0.3 is 9.73 Å². The standard InChI is InChI=1S/C19H19N3O3/c1-19(2,3)14-9-7-13(8-10-14)15-12-17(25-21-15)20-18(23)16-6-4-5-11-22(16)24/h4-12H,1-3H3,(H,20,23). The van der Waals surface area contributed by atoms with E-state index in [-0.39, 0.29) is 17.0 Å². The smallest absolute Gasteiger partial charge is 0.324 e. The summed E-state index contributed by atoms with van der Waals surface area (Å²) in [6.45, 7) is 6.45. The maximum Gasteiger partial charge on any atom is 0.324 e. The zero-order valence-electron chi connectivity index (χ0n) is 14.3. The second-order valence-electron chi connectivity index (χ2n) is 6.77. The average Bonchev–Trinajstić information content (AvgIpc) is 3.03. The summed E-state index contributed by atoms with van der Waals surface area (Å²) in [5, 5.41) is 18.1. The summed E-state index contributed by atoms with van der Waals surface area (Å²) < 4.78 is 5.65. The first-order chi connectivity index (χ1) is 11.8. The summed E-state index contributed by atoms with van der Waals surface area (Å²) in [5.74, 6) is -0.370. The third-order valence-corrected chi connectivity index (χ3v) is 3.85. The number of aromatic nitrogens is 2. The molecule has 25 heavy (non-hydrogen) atoms. The van der Waals surface area contributed by atoms with Crippen LogP contribution in [0.3, 0.4) is 0 Å². The van der Waals surface area contributed by atoms with Crippen LogP contribution in [0, 0.1) is 5.21 Å². The third kappa shape index (κ3) is 3.68. The Morgan fingerprint density at radius 2 is 1.88 bits per heavy atom. The molecule has 0 radical (unpaired) electrons. The predicted octanol–water partition coefficient (Wildman–Crippen LogP) is 3.52. The molecule has 0 aliphatic rings. The number of benzene rings is 1. The van der Waals surface area contributed by atoms with E-state index in [9.17, 15) is 10.0 Å². The van der Waals surface area contributed by atoms with Gasteiger partial charge >= 0.3 is 5.91 Å². The number of hydrogen-bond acceptors (Lipinski definition) is 4. The maximum absolute atomic E-state index is 12.1. The predicted molar refractivity (Wildman–Crippen MR) is 94.0 cm³/mol. The van der Waals surface area contributed by atoms with Gasteiger partial charge in [0.25, 0.3) is 5.69 Å². The number of carbonyl (C=O) groups is 1. The van der Waals surface area contributed by atoms with E-state index in [4.69, 9.17) is 4.52 Å². The van der Waals surface area contributed by atoms with E-state index in [1.165, 1.54) is 17.8 Å². The van der Waals surface area contributed by atoms with Gasteiger partial charge in [-0.05, 0) is 17.0 Å². The number of amides is 1. The Morgan fingerprint density at radius 3 is 2.52 bits per heavy atom. The fraction of sp³-hybridized carbons (Fsp3) is 0.211. The van der Waals surface area contributed by atoms with E-state index in [0.29, 0.717) is 10.4 Å². The Balaban J connectivity index is 1.76. The van der Waals surface area contributed by atoms with E-state index in [1.807, 2.05) is 24.3 Å². The molecular formula is C19H19N3O3. The number of anilines is 1. The van der Waals surface area contributed by atoms with Crippen LogP contribution in [-0.2, 0) is 5.41 Å². The van der Waals surface area contributed by atoms with Crippen LogP contribution < -0.4 is 10.0 Å². The lowest BCUT2D eigenvalue weighted by Gasteiger charge is -2.18. The topological polar surface area (TPSA) is 82.1 Å². The fourth-order valence-corrected chi connectivity index (χ4v) is 2.39. The summed E-state index contributed by atoms with van der Waals surface area (Å²) in [7, 11) is 0. The third-order valence-electron chi connectivity index (χ3n) is 3.85. The molecule has 0 saturated heterocycles. The molecule has 0 unspecified atom stereocenters. The molecule has 3 rings (SSSR count). The second-order valence-corrected chi connectivity index (χ2v) is 6.77. The molecule has 128 valence electrons. The van der Waals surface area contributed by atoms with Crippen LogP contribution >= 0.6 is 0 Å². The highest BCUT2D eigenvalue weighted by Gasteiger charge is 2.18. The minimum atomic E-state index is -0.554. The monoisotopic (exact) mass is 337 g/mol. The first kappa shape index (κ1) is 16.7. The lowest BCUT2D eigenvalue weighted by atomic mass is 9.86. The van der Waals surface area contributed by atoms with E-state index >= 15 is 0 Å². The van der Waals surface area contributed by atoms with Crippen molar-refractivity contribution in [2.24, 2.45) is 0 Å². The van der Waals surface area contributed by atoms with Crippen molar-refractivity contribution < 1.29 is 14.0 Å². The van der Waals surface area contributed by atoms with Crippen molar-refractivity contribution in [3.8, 4) is 11.3 Å². The Bertz CT molecular complexity index is 893. The van der Waals surface area contributed by atoms with Gasteiger partial charge in [0.05, 0.1) is 0 Å². The van der Waals surface area contributed by atoms with Crippen molar-refractivity contribution in [2.75, 3.05) is 5.32 Å². The molecular weight excluding hydrogens is 318 g/mol. The zero-order valence-corrected chi connectivity index (χ0v) is 14.3. The van der Waals surface area contributed by atoms with E-state index in [1.54, 1.807) is 18.2 Å². The summed E-state index contributed by atoms with van der Waals surface area (Å²) in [4.78, 5) is 12.1. The molecule has 0 fully saturated rings. The highest BCUT2D eigenvalue weighted by atomic mass is 16.5. The number of pyridine rings is 1. The average molecular weight is 337 g/mol. The van der Waals surface area contributed by atoms with Gasteiger partial charge in [-0.1, -0.05) is 50.2 Å². The van der Waals surface area contributed by atoms with Crippen molar-refractivity contribution in [1.82, 2.24) is 5.16 Å². The van der Waals surface area contributed by atoms with Crippen molar-refractivity contribution in [3.05, 3.63) is 71.2 Å². The molecule has 0 spiro atoms. The van der Waals surface area contributed by atoms with Gasteiger partial charge in [-0.2, -0.15) is 4.73 Å². The number of rotatable bonds is 3. The van der Waals surface area contributed by atoms with Crippen LogP contribution in [0.1, 0.15) is 36.8 Å². The van der Waals surface area contributed by atoms with Crippen LogP contribution in [0.4, 0.5) is 5.88 Å². The summed E-state index contributed by atoms with van der Waals surface area (Å²) in [6, 6.07) is 14.3. The molecule has 1 aromatic carbocycles. The quantitative estimate of drug-likeness (QED) is 0.585. The largest absolute Gasteiger partial charge is 0.618 e. The van der Waals surface area contributed by atoms with Crippen molar-refractivity contribution in [3.63, 3.8) is 0 Å². The Labute approximate surface area is 145 Å². The van der Waals surface area contributed by atoms with Crippen LogP contribution in [-0.4, -0.2) is 11.1 Å². The summed E-state index contributed by atoms with van der Waals surface area (Å²) >= 11 is 0. The number of carbonyl (C=O) groups excluding carboxylic acids is 1. The van der Waals surface area contributed by atoms with Crippen molar-refractivity contribution in [1.29, 1.82) is 0 Å².